The van der Waals surface area contributed by atoms with E-state index in [9.17, 15) is 0 Å². The lowest BCUT2D eigenvalue weighted by molar-refractivity contribution is 0.288. The second-order valence-electron chi connectivity index (χ2n) is 7.98. The minimum absolute atomic E-state index is 0. The maximum Gasteiger partial charge on any atom is 0.240 e. The Morgan fingerprint density at radius 2 is 1.62 bits per heavy atom. The van der Waals surface area contributed by atoms with Gasteiger partial charge in [-0.2, -0.15) is 4.52 Å². The maximum atomic E-state index is 6.05. The number of hydrogen-bond donors (Lipinski definition) is 1. The largest absolute Gasteiger partial charge is 0.470 e. The van der Waals surface area contributed by atoms with Gasteiger partial charge in [0.15, 0.2) is 5.65 Å². The van der Waals surface area contributed by atoms with Crippen LogP contribution in [0.25, 0.3) is 16.4 Å². The molecule has 0 aliphatic heterocycles. The van der Waals surface area contributed by atoms with Crippen LogP contribution in [0.3, 0.4) is 0 Å². The van der Waals surface area contributed by atoms with Crippen molar-refractivity contribution in [2.24, 2.45) is 0 Å². The first-order chi connectivity index (χ1) is 16.8. The van der Waals surface area contributed by atoms with E-state index in [1.54, 1.807) is 10.8 Å². The molecule has 3 heterocycles. The molecule has 2 aromatic carbocycles. The number of fused-ring (bicyclic) bond motifs is 3. The second-order valence-corrected chi connectivity index (χ2v) is 7.98. The van der Waals surface area contributed by atoms with E-state index in [0.717, 1.165) is 35.1 Å². The average Bonchev–Trinajstić information content (AvgIpc) is 3.36. The molecular formula is C27H32N6O. The first kappa shape index (κ1) is 23.3. The van der Waals surface area contributed by atoms with Crippen molar-refractivity contribution in [1.82, 2.24) is 30.1 Å². The molecule has 0 aliphatic rings. The van der Waals surface area contributed by atoms with Crippen LogP contribution in [0.4, 0.5) is 0 Å². The molecule has 1 N–H and O–H groups in total. The number of ether oxygens (including phenoxy) is 1. The van der Waals surface area contributed by atoms with Gasteiger partial charge in [-0.25, -0.2) is 0 Å². The van der Waals surface area contributed by atoms with Gasteiger partial charge in [0.25, 0.3) is 0 Å². The smallest absolute Gasteiger partial charge is 0.240 e. The topological polar surface area (TPSA) is 77.2 Å². The molecule has 0 spiro atoms. The number of aromatic nitrogens is 5. The standard InChI is InChI=1S/C24H22N6O.C3H8.H2/c1-2-7-18(8-3-1)13-14-25-15-19-9-6-10-20(27-19)16-31-24-22-12-5-4-11-21(22)23-28-26-17-30(23)29-24;1-3-2;/h1-12,17,25H,13-16H2;3H2,1-2H3;1H. The molecule has 5 rings (SSSR count). The molecule has 34 heavy (non-hydrogen) atoms. The van der Waals surface area contributed by atoms with Crippen LogP contribution in [0.15, 0.2) is 79.1 Å². The van der Waals surface area contributed by atoms with Gasteiger partial charge in [0, 0.05) is 18.7 Å². The van der Waals surface area contributed by atoms with Crippen LogP contribution in [0.2, 0.25) is 0 Å². The molecule has 7 nitrogen and oxygen atoms in total. The minimum atomic E-state index is 0. The van der Waals surface area contributed by atoms with Crippen molar-refractivity contribution in [3.8, 4) is 5.88 Å². The lowest BCUT2D eigenvalue weighted by Crippen LogP contribution is -2.17. The average molecular weight is 457 g/mol. The van der Waals surface area contributed by atoms with Crippen LogP contribution >= 0.6 is 0 Å². The van der Waals surface area contributed by atoms with Gasteiger partial charge < -0.3 is 10.1 Å². The number of pyridine rings is 1. The van der Waals surface area contributed by atoms with Crippen molar-refractivity contribution in [3.63, 3.8) is 0 Å². The summed E-state index contributed by atoms with van der Waals surface area (Å²) in [5, 5.41) is 17.9. The van der Waals surface area contributed by atoms with Gasteiger partial charge in [-0.3, -0.25) is 4.98 Å². The van der Waals surface area contributed by atoms with E-state index in [2.05, 4.69) is 58.7 Å². The van der Waals surface area contributed by atoms with Crippen molar-refractivity contribution in [2.45, 2.75) is 39.8 Å². The summed E-state index contributed by atoms with van der Waals surface area (Å²) in [4.78, 5) is 4.72. The highest BCUT2D eigenvalue weighted by atomic mass is 16.5. The van der Waals surface area contributed by atoms with Crippen molar-refractivity contribution < 1.29 is 6.16 Å². The summed E-state index contributed by atoms with van der Waals surface area (Å²) in [6, 6.07) is 24.4. The van der Waals surface area contributed by atoms with E-state index in [1.807, 2.05) is 48.5 Å². The zero-order valence-corrected chi connectivity index (χ0v) is 19.7. The molecule has 5 aromatic rings. The molecule has 176 valence electrons. The zero-order valence-electron chi connectivity index (χ0n) is 19.7. The predicted molar refractivity (Wildman–Crippen MR) is 137 cm³/mol. The normalized spacial score (nSPS) is 10.8. The molecule has 0 fully saturated rings. The van der Waals surface area contributed by atoms with E-state index in [1.165, 1.54) is 12.0 Å². The third-order valence-corrected chi connectivity index (χ3v) is 5.09. The fraction of sp³-hybridized carbons (Fsp3) is 0.259. The second kappa shape index (κ2) is 11.9. The molecule has 0 saturated carbocycles. The van der Waals surface area contributed by atoms with Gasteiger partial charge in [0.05, 0.1) is 11.4 Å². The molecule has 0 bridgehead atoms. The van der Waals surface area contributed by atoms with Crippen LogP contribution in [0.5, 0.6) is 5.88 Å². The molecule has 7 heteroatoms. The van der Waals surface area contributed by atoms with Crippen molar-refractivity contribution in [2.75, 3.05) is 6.54 Å². The molecule has 3 aromatic heterocycles. The number of rotatable bonds is 8. The summed E-state index contributed by atoms with van der Waals surface area (Å²) >= 11 is 0. The Morgan fingerprint density at radius 1 is 0.882 bits per heavy atom. The SMILES string of the molecule is CCC.[HH].c1ccc(CCNCc2cccc(COc3nn4cnnc4c4ccccc34)n2)cc1. The van der Waals surface area contributed by atoms with Gasteiger partial charge in [-0.15, -0.1) is 15.3 Å². The van der Waals surface area contributed by atoms with E-state index in [4.69, 9.17) is 9.72 Å². The monoisotopic (exact) mass is 456 g/mol. The Bertz CT molecular complexity index is 1330. The molecule has 0 amide bonds. The van der Waals surface area contributed by atoms with Crippen LogP contribution < -0.4 is 10.1 Å². The quantitative estimate of drug-likeness (QED) is 0.322. The first-order valence-electron chi connectivity index (χ1n) is 11.7. The van der Waals surface area contributed by atoms with Crippen LogP contribution in [-0.4, -0.2) is 31.3 Å². The lowest BCUT2D eigenvalue weighted by atomic mass is 10.1. The van der Waals surface area contributed by atoms with Gasteiger partial charge in [-0.05, 0) is 36.7 Å². The lowest BCUT2D eigenvalue weighted by Gasteiger charge is -2.10. The number of hydrogen-bond acceptors (Lipinski definition) is 6. The fourth-order valence-electron chi connectivity index (χ4n) is 3.55. The van der Waals surface area contributed by atoms with E-state index in [-0.39, 0.29) is 1.43 Å². The summed E-state index contributed by atoms with van der Waals surface area (Å²) < 4.78 is 7.69. The Hall–Kier alpha value is -3.84. The number of benzene rings is 2. The molecule has 0 aliphatic carbocycles. The number of nitrogens with one attached hydrogen (secondary N) is 1. The Balaban J connectivity index is 0.000000815. The number of nitrogens with zero attached hydrogens (tertiary/aromatic N) is 5. The van der Waals surface area contributed by atoms with Crippen LogP contribution in [-0.2, 0) is 19.6 Å². The molecular weight excluding hydrogens is 424 g/mol. The van der Waals surface area contributed by atoms with E-state index < -0.39 is 0 Å². The summed E-state index contributed by atoms with van der Waals surface area (Å²) in [5.74, 6) is 0.538. The highest BCUT2D eigenvalue weighted by Gasteiger charge is 2.11. The van der Waals surface area contributed by atoms with Gasteiger partial charge in [-0.1, -0.05) is 74.9 Å². The highest BCUT2D eigenvalue weighted by Crippen LogP contribution is 2.26. The Morgan fingerprint density at radius 3 is 2.44 bits per heavy atom. The molecule has 0 radical (unpaired) electrons. The van der Waals surface area contributed by atoms with Gasteiger partial charge >= 0.3 is 0 Å². The first-order valence-corrected chi connectivity index (χ1v) is 11.7. The molecule has 0 atom stereocenters. The fourth-order valence-corrected chi connectivity index (χ4v) is 3.55. The van der Waals surface area contributed by atoms with E-state index >= 15 is 0 Å². The third kappa shape index (κ3) is 5.94. The van der Waals surface area contributed by atoms with Crippen molar-refractivity contribution in [3.05, 3.63) is 96.1 Å². The minimum Gasteiger partial charge on any atom is -0.470 e. The van der Waals surface area contributed by atoms with Gasteiger partial charge in [0.2, 0.25) is 5.88 Å². The van der Waals surface area contributed by atoms with Crippen molar-refractivity contribution in [1.29, 1.82) is 0 Å². The predicted octanol–water partition coefficient (Wildman–Crippen LogP) is 5.25. The summed E-state index contributed by atoms with van der Waals surface area (Å²) in [6.07, 6.45) is 3.82. The van der Waals surface area contributed by atoms with E-state index in [0.29, 0.717) is 24.7 Å². The van der Waals surface area contributed by atoms with Crippen LogP contribution in [0.1, 0.15) is 38.6 Å². The maximum absolute atomic E-state index is 6.05. The van der Waals surface area contributed by atoms with Crippen molar-refractivity contribution >= 4 is 16.4 Å². The highest BCUT2D eigenvalue weighted by molar-refractivity contribution is 5.96. The van der Waals surface area contributed by atoms with Crippen LogP contribution in [0, 0.1) is 0 Å². The summed E-state index contributed by atoms with van der Waals surface area (Å²) in [5.41, 5.74) is 3.89. The van der Waals surface area contributed by atoms with Gasteiger partial charge in [0.1, 0.15) is 12.9 Å². The molecule has 0 saturated heterocycles. The third-order valence-electron chi connectivity index (χ3n) is 5.09. The Labute approximate surface area is 201 Å². The summed E-state index contributed by atoms with van der Waals surface area (Å²) in [7, 11) is 0. The Kier molecular flexibility index (Phi) is 8.13. The molecule has 0 unspecified atom stereocenters. The zero-order chi connectivity index (χ0) is 23.6. The summed E-state index contributed by atoms with van der Waals surface area (Å²) in [6.45, 7) is 6.21.